The third-order valence-electron chi connectivity index (χ3n) is 3.92. The summed E-state index contributed by atoms with van der Waals surface area (Å²) in [7, 11) is -1.49. The van der Waals surface area contributed by atoms with E-state index in [1.54, 1.807) is 0 Å². The molecule has 1 N–H and O–H groups in total. The number of hydrogen-bond donors (Lipinski definition) is 1. The van der Waals surface area contributed by atoms with Crippen molar-refractivity contribution in [3.8, 4) is 11.3 Å². The number of amides is 1. The molecule has 0 atom stereocenters. The first-order valence-corrected chi connectivity index (χ1v) is 10.4. The van der Waals surface area contributed by atoms with Gasteiger partial charge < -0.3 is 0 Å². The molecular formula is C18H15F2N3O4S2. The molecule has 2 aromatic carbocycles. The smallest absolute Gasteiger partial charge is 0.264 e. The number of nitrogens with one attached hydrogen (secondary N) is 1. The summed E-state index contributed by atoms with van der Waals surface area (Å²) in [6.45, 7) is 0. The molecule has 1 heterocycles. The van der Waals surface area contributed by atoms with Crippen molar-refractivity contribution in [1.29, 1.82) is 0 Å². The number of rotatable bonds is 6. The first-order chi connectivity index (χ1) is 13.7. The van der Waals surface area contributed by atoms with Crippen molar-refractivity contribution in [3.05, 3.63) is 65.0 Å². The van der Waals surface area contributed by atoms with Crippen molar-refractivity contribution in [2.75, 3.05) is 19.5 Å². The quantitative estimate of drug-likeness (QED) is 0.594. The van der Waals surface area contributed by atoms with E-state index >= 15 is 0 Å². The van der Waals surface area contributed by atoms with Crippen LogP contribution in [-0.4, -0.2) is 37.9 Å². The number of aromatic nitrogens is 1. The van der Waals surface area contributed by atoms with Crippen molar-refractivity contribution < 1.29 is 26.8 Å². The lowest BCUT2D eigenvalue weighted by Gasteiger charge is -2.14. The van der Waals surface area contributed by atoms with Crippen molar-refractivity contribution >= 4 is 32.4 Å². The van der Waals surface area contributed by atoms with Gasteiger partial charge in [0.1, 0.15) is 11.6 Å². The molecule has 0 radical (unpaired) electrons. The third kappa shape index (κ3) is 4.48. The van der Waals surface area contributed by atoms with E-state index in [0.717, 1.165) is 29.5 Å². The molecular weight excluding hydrogens is 424 g/mol. The largest absolute Gasteiger partial charge is 0.298 e. The Hall–Kier alpha value is -2.73. The maximum atomic E-state index is 13.9. The first kappa shape index (κ1) is 21.0. The van der Waals surface area contributed by atoms with E-state index in [-0.39, 0.29) is 26.8 Å². The second-order valence-electron chi connectivity index (χ2n) is 5.74. The lowest BCUT2D eigenvalue weighted by molar-refractivity contribution is -0.0258. The maximum Gasteiger partial charge on any atom is 0.264 e. The van der Waals surface area contributed by atoms with Crippen LogP contribution in [0.3, 0.4) is 0 Å². The molecule has 11 heteroatoms. The average molecular weight is 439 g/mol. The SMILES string of the molecule is CON(C)S(=O)(=O)c1cccc(C(=O)Nc2nc(-c3cc(F)ccc3F)cs2)c1. The second-order valence-corrected chi connectivity index (χ2v) is 8.54. The highest BCUT2D eigenvalue weighted by molar-refractivity contribution is 7.89. The van der Waals surface area contributed by atoms with E-state index in [9.17, 15) is 22.0 Å². The lowest BCUT2D eigenvalue weighted by atomic mass is 10.1. The van der Waals surface area contributed by atoms with Crippen molar-refractivity contribution in [2.24, 2.45) is 0 Å². The third-order valence-corrected chi connectivity index (χ3v) is 6.35. The number of thiazole rings is 1. The van der Waals surface area contributed by atoms with Gasteiger partial charge in [-0.05, 0) is 36.4 Å². The average Bonchev–Trinajstić information content (AvgIpc) is 3.17. The molecule has 0 aliphatic rings. The summed E-state index contributed by atoms with van der Waals surface area (Å²) >= 11 is 1.02. The summed E-state index contributed by atoms with van der Waals surface area (Å²) in [5.74, 6) is -1.86. The van der Waals surface area contributed by atoms with Crippen LogP contribution in [0, 0.1) is 11.6 Å². The summed E-state index contributed by atoms with van der Waals surface area (Å²) < 4.78 is 52.5. The highest BCUT2D eigenvalue weighted by Gasteiger charge is 2.22. The van der Waals surface area contributed by atoms with Crippen molar-refractivity contribution in [2.45, 2.75) is 4.90 Å². The van der Waals surface area contributed by atoms with Crippen LogP contribution in [0.5, 0.6) is 0 Å². The minimum atomic E-state index is -3.92. The van der Waals surface area contributed by atoms with Crippen LogP contribution in [0.2, 0.25) is 0 Å². The van der Waals surface area contributed by atoms with Crippen LogP contribution < -0.4 is 5.32 Å². The zero-order valence-electron chi connectivity index (χ0n) is 15.2. The number of benzene rings is 2. The van der Waals surface area contributed by atoms with Gasteiger partial charge in [0.25, 0.3) is 15.9 Å². The molecule has 3 rings (SSSR count). The molecule has 1 amide bonds. The predicted octanol–water partition coefficient (Wildman–Crippen LogP) is 3.52. The number of carbonyl (C=O) groups is 1. The molecule has 0 bridgehead atoms. The van der Waals surface area contributed by atoms with Gasteiger partial charge in [-0.25, -0.2) is 22.2 Å². The van der Waals surface area contributed by atoms with Gasteiger partial charge in [-0.2, -0.15) is 0 Å². The fraction of sp³-hybridized carbons (Fsp3) is 0.111. The van der Waals surface area contributed by atoms with Gasteiger partial charge >= 0.3 is 0 Å². The Kier molecular flexibility index (Phi) is 6.03. The van der Waals surface area contributed by atoms with E-state index in [1.165, 1.54) is 43.8 Å². The standard InChI is InChI=1S/C18H15F2N3O4S2/c1-23(27-2)29(25,26)13-5-3-4-11(8-13)17(24)22-18-21-16(10-28-18)14-9-12(19)6-7-15(14)20/h3-10H,1-2H3,(H,21,22,24). The van der Waals surface area contributed by atoms with Crippen molar-refractivity contribution in [1.82, 2.24) is 9.45 Å². The highest BCUT2D eigenvalue weighted by Crippen LogP contribution is 2.28. The molecule has 0 spiro atoms. The number of carbonyl (C=O) groups excluding carboxylic acids is 1. The first-order valence-electron chi connectivity index (χ1n) is 8.08. The number of sulfonamides is 1. The normalized spacial score (nSPS) is 11.6. The summed E-state index contributed by atoms with van der Waals surface area (Å²) in [6, 6.07) is 8.37. The van der Waals surface area contributed by atoms with E-state index in [0.29, 0.717) is 4.47 Å². The predicted molar refractivity (Wildman–Crippen MR) is 104 cm³/mol. The molecule has 152 valence electrons. The van der Waals surface area contributed by atoms with Crippen LogP contribution in [0.4, 0.5) is 13.9 Å². The van der Waals surface area contributed by atoms with Gasteiger partial charge in [-0.3, -0.25) is 14.9 Å². The van der Waals surface area contributed by atoms with Crippen LogP contribution in [0.25, 0.3) is 11.3 Å². The fourth-order valence-electron chi connectivity index (χ4n) is 2.36. The fourth-order valence-corrected chi connectivity index (χ4v) is 4.09. The zero-order chi connectivity index (χ0) is 21.2. The van der Waals surface area contributed by atoms with E-state index < -0.39 is 27.6 Å². The Bertz CT molecular complexity index is 1170. The van der Waals surface area contributed by atoms with Gasteiger partial charge in [-0.1, -0.05) is 10.5 Å². The van der Waals surface area contributed by atoms with Crippen LogP contribution in [-0.2, 0) is 14.9 Å². The minimum Gasteiger partial charge on any atom is -0.298 e. The Balaban J connectivity index is 1.82. The number of hydrogen-bond acceptors (Lipinski definition) is 6. The van der Waals surface area contributed by atoms with Gasteiger partial charge in [0.15, 0.2) is 5.13 Å². The molecule has 0 unspecified atom stereocenters. The van der Waals surface area contributed by atoms with E-state index in [2.05, 4.69) is 10.3 Å². The summed E-state index contributed by atoms with van der Waals surface area (Å²) in [5, 5.41) is 4.14. The number of anilines is 1. The lowest BCUT2D eigenvalue weighted by Crippen LogP contribution is -2.26. The molecule has 3 aromatic rings. The van der Waals surface area contributed by atoms with Gasteiger partial charge in [0.05, 0.1) is 17.7 Å². The Morgan fingerprint density at radius 1 is 1.21 bits per heavy atom. The zero-order valence-corrected chi connectivity index (χ0v) is 16.9. The van der Waals surface area contributed by atoms with Crippen molar-refractivity contribution in [3.63, 3.8) is 0 Å². The number of hydroxylamine groups is 1. The maximum absolute atomic E-state index is 13.9. The summed E-state index contributed by atoms with van der Waals surface area (Å²) in [6.07, 6.45) is 0. The monoisotopic (exact) mass is 439 g/mol. The van der Waals surface area contributed by atoms with Gasteiger partial charge in [-0.15, -0.1) is 11.3 Å². The molecule has 0 fully saturated rings. The van der Waals surface area contributed by atoms with Gasteiger partial charge in [0.2, 0.25) is 0 Å². The molecule has 0 aliphatic heterocycles. The number of halogens is 2. The molecule has 0 saturated heterocycles. The minimum absolute atomic E-state index is 0.0301. The highest BCUT2D eigenvalue weighted by atomic mass is 32.2. The summed E-state index contributed by atoms with van der Waals surface area (Å²) in [4.78, 5) is 21.2. The molecule has 29 heavy (non-hydrogen) atoms. The molecule has 0 saturated carbocycles. The van der Waals surface area contributed by atoms with E-state index in [1.807, 2.05) is 0 Å². The Labute approximate surface area is 169 Å². The van der Waals surface area contributed by atoms with Crippen LogP contribution in [0.1, 0.15) is 10.4 Å². The number of nitrogens with zero attached hydrogens (tertiary/aromatic N) is 2. The van der Waals surface area contributed by atoms with Crippen LogP contribution >= 0.6 is 11.3 Å². The molecule has 1 aromatic heterocycles. The topological polar surface area (TPSA) is 88.6 Å². The summed E-state index contributed by atoms with van der Waals surface area (Å²) in [5.41, 5.74) is 0.210. The Morgan fingerprint density at radius 2 is 1.97 bits per heavy atom. The van der Waals surface area contributed by atoms with Crippen LogP contribution in [0.15, 0.2) is 52.7 Å². The molecule has 7 nitrogen and oxygen atoms in total. The second kappa shape index (κ2) is 8.33. The van der Waals surface area contributed by atoms with E-state index in [4.69, 9.17) is 4.84 Å². The van der Waals surface area contributed by atoms with Gasteiger partial charge in [0, 0.05) is 23.6 Å². The molecule has 0 aliphatic carbocycles. The Morgan fingerprint density at radius 3 is 2.69 bits per heavy atom.